The van der Waals surface area contributed by atoms with Crippen LogP contribution in [0.25, 0.3) is 23.1 Å². The third-order valence-corrected chi connectivity index (χ3v) is 5.49. The number of amidine groups is 1. The molecule has 2 aromatic heterocycles. The highest BCUT2D eigenvalue weighted by atomic mass is 16.5. The number of hydrogen-bond acceptors (Lipinski definition) is 5. The van der Waals surface area contributed by atoms with Crippen molar-refractivity contribution >= 4 is 41.6 Å². The number of carbonyl (C=O) groups is 2. The molecule has 8 nitrogen and oxygen atoms in total. The van der Waals surface area contributed by atoms with Gasteiger partial charge in [0.15, 0.2) is 6.29 Å². The summed E-state index contributed by atoms with van der Waals surface area (Å²) < 4.78 is 7.80. The first kappa shape index (κ1) is 23.3. The van der Waals surface area contributed by atoms with Crippen LogP contribution in [-0.4, -0.2) is 33.1 Å². The van der Waals surface area contributed by atoms with Crippen molar-refractivity contribution in [1.29, 1.82) is 0 Å². The minimum atomic E-state index is 0.101. The Morgan fingerprint density at radius 2 is 1.97 bits per heavy atom. The van der Waals surface area contributed by atoms with Gasteiger partial charge in [-0.2, -0.15) is 4.99 Å². The number of aromatic nitrogens is 3. The third-order valence-electron chi connectivity index (χ3n) is 5.49. The van der Waals surface area contributed by atoms with Crippen LogP contribution in [0.5, 0.6) is 11.8 Å². The lowest BCUT2D eigenvalue weighted by Gasteiger charge is -2.12. The Hall–Kier alpha value is -4.85. The Labute approximate surface area is 201 Å². The maximum Gasteiger partial charge on any atom is 0.321 e. The molecule has 4 rings (SSSR count). The Bertz CT molecular complexity index is 1570. The molecule has 0 unspecified atom stereocenters. The summed E-state index contributed by atoms with van der Waals surface area (Å²) in [4.78, 5) is 34.7. The second kappa shape index (κ2) is 10.4. The lowest BCUT2D eigenvalue weighted by molar-refractivity contribution is -0.106. The number of allylic oxidation sites excluding steroid dienone is 1. The number of aldehydes is 1. The zero-order chi connectivity index (χ0) is 24.8. The van der Waals surface area contributed by atoms with Crippen LogP contribution in [0.3, 0.4) is 0 Å². The fourth-order valence-electron chi connectivity index (χ4n) is 3.91. The molecular formula is C27H23N5O3. The number of nitrogens with two attached hydrogens (primary N) is 1. The van der Waals surface area contributed by atoms with Gasteiger partial charge in [-0.15, -0.1) is 0 Å². The maximum atomic E-state index is 12.0. The number of hydrogen-bond donors (Lipinski definition) is 1. The van der Waals surface area contributed by atoms with Crippen molar-refractivity contribution in [3.05, 3.63) is 94.8 Å². The summed E-state index contributed by atoms with van der Waals surface area (Å²) in [6, 6.07) is 13.0. The summed E-state index contributed by atoms with van der Waals surface area (Å²) in [5, 5.41) is 2.73. The minimum absolute atomic E-state index is 0.101. The first-order valence-corrected chi connectivity index (χ1v) is 10.8. The summed E-state index contributed by atoms with van der Waals surface area (Å²) in [5.41, 5.74) is 8.67. The van der Waals surface area contributed by atoms with Crippen LogP contribution in [0.1, 0.15) is 28.5 Å². The Morgan fingerprint density at radius 1 is 1.17 bits per heavy atom. The van der Waals surface area contributed by atoms with E-state index in [1.54, 1.807) is 36.7 Å². The smallest absolute Gasteiger partial charge is 0.321 e. The van der Waals surface area contributed by atoms with Crippen LogP contribution < -0.4 is 20.9 Å². The topological polar surface area (TPSA) is 112 Å². The third kappa shape index (κ3) is 4.91. The van der Waals surface area contributed by atoms with Gasteiger partial charge in [-0.3, -0.25) is 9.59 Å². The summed E-state index contributed by atoms with van der Waals surface area (Å²) in [7, 11) is 0. The number of amides is 1. The van der Waals surface area contributed by atoms with E-state index < -0.39 is 0 Å². The van der Waals surface area contributed by atoms with Crippen LogP contribution in [-0.2, 0) is 11.3 Å². The Kier molecular flexibility index (Phi) is 6.92. The second-order valence-electron chi connectivity index (χ2n) is 7.58. The van der Waals surface area contributed by atoms with Crippen LogP contribution in [0, 0.1) is 0 Å². The highest BCUT2D eigenvalue weighted by Crippen LogP contribution is 2.23. The lowest BCUT2D eigenvalue weighted by Crippen LogP contribution is -2.29. The number of ether oxygens (including phenoxy) is 1. The standard InChI is InChI=1S/C27H23N5O3/c1-3-6-24-18(4-2)12-23(35-27-29-9-5-10-30-27)13-21(24)15-32-22(16-33)11-19-7-8-20(14-25(19)32)26(28)31-17-34/h3-14,16-17H,1,15H2,2H3,(H2,28,31,34)/b18-4-,24-6+. The SMILES string of the molecule is C=C/C=c1/c(Cn2c(C=O)cc3ccc(C(N)=NC=O)cc32)cc(Oc2ncccn2)c/c1=C/C. The average molecular weight is 466 g/mol. The Balaban J connectivity index is 1.90. The number of rotatable bonds is 8. The highest BCUT2D eigenvalue weighted by Gasteiger charge is 2.13. The minimum Gasteiger partial charge on any atom is -0.424 e. The number of nitrogens with zero attached hydrogens (tertiary/aromatic N) is 4. The fraction of sp³-hybridized carbons (Fsp3) is 0.0741. The van der Waals surface area contributed by atoms with Gasteiger partial charge in [-0.25, -0.2) is 9.97 Å². The van der Waals surface area contributed by atoms with Crippen molar-refractivity contribution in [1.82, 2.24) is 14.5 Å². The van der Waals surface area contributed by atoms with Gasteiger partial charge in [0.25, 0.3) is 0 Å². The summed E-state index contributed by atoms with van der Waals surface area (Å²) in [5.74, 6) is 0.664. The first-order valence-electron chi connectivity index (χ1n) is 10.8. The van der Waals surface area contributed by atoms with Gasteiger partial charge in [0.05, 0.1) is 5.69 Å². The molecule has 0 spiro atoms. The van der Waals surface area contributed by atoms with Crippen molar-refractivity contribution in [2.24, 2.45) is 10.7 Å². The lowest BCUT2D eigenvalue weighted by atomic mass is 10.1. The Morgan fingerprint density at radius 3 is 2.66 bits per heavy atom. The van der Waals surface area contributed by atoms with Gasteiger partial charge in [-0.05, 0) is 53.3 Å². The number of benzene rings is 2. The molecule has 0 aliphatic carbocycles. The zero-order valence-corrected chi connectivity index (χ0v) is 19.1. The average Bonchev–Trinajstić information content (AvgIpc) is 3.22. The molecule has 0 fully saturated rings. The van der Waals surface area contributed by atoms with Crippen LogP contribution >= 0.6 is 0 Å². The molecule has 35 heavy (non-hydrogen) atoms. The molecule has 4 aromatic rings. The van der Waals surface area contributed by atoms with Gasteiger partial charge in [0, 0.05) is 35.4 Å². The van der Waals surface area contributed by atoms with E-state index in [1.165, 1.54) is 0 Å². The molecular weight excluding hydrogens is 442 g/mol. The zero-order valence-electron chi connectivity index (χ0n) is 19.1. The van der Waals surface area contributed by atoms with Gasteiger partial charge >= 0.3 is 6.01 Å². The van der Waals surface area contributed by atoms with E-state index in [9.17, 15) is 9.59 Å². The molecule has 0 saturated heterocycles. The van der Waals surface area contributed by atoms with Crippen LogP contribution in [0.15, 0.2) is 72.5 Å². The van der Waals surface area contributed by atoms with Gasteiger partial charge in [0.1, 0.15) is 11.6 Å². The van der Waals surface area contributed by atoms with Crippen molar-refractivity contribution in [2.75, 3.05) is 0 Å². The summed E-state index contributed by atoms with van der Waals surface area (Å²) in [6.07, 6.45) is 10.0. The van der Waals surface area contributed by atoms with E-state index in [4.69, 9.17) is 10.5 Å². The summed E-state index contributed by atoms with van der Waals surface area (Å²) >= 11 is 0. The van der Waals surface area contributed by atoms with Crippen molar-refractivity contribution in [2.45, 2.75) is 13.5 Å². The largest absolute Gasteiger partial charge is 0.424 e. The number of aliphatic imine (C=N–C) groups is 1. The van der Waals surface area contributed by atoms with E-state index in [-0.39, 0.29) is 11.8 Å². The molecule has 0 atom stereocenters. The molecule has 0 saturated carbocycles. The van der Waals surface area contributed by atoms with E-state index in [1.807, 2.05) is 47.9 Å². The first-order chi connectivity index (χ1) is 17.1. The van der Waals surface area contributed by atoms with E-state index in [2.05, 4.69) is 21.5 Å². The highest BCUT2D eigenvalue weighted by molar-refractivity contribution is 6.03. The molecule has 0 aliphatic rings. The van der Waals surface area contributed by atoms with Crippen molar-refractivity contribution < 1.29 is 14.3 Å². The normalized spacial score (nSPS) is 12.7. The van der Waals surface area contributed by atoms with Crippen LogP contribution in [0.2, 0.25) is 0 Å². The number of carbonyl (C=O) groups excluding carboxylic acids is 2. The second-order valence-corrected chi connectivity index (χ2v) is 7.58. The predicted octanol–water partition coefficient (Wildman–Crippen LogP) is 2.71. The molecule has 2 aromatic carbocycles. The molecule has 2 heterocycles. The van der Waals surface area contributed by atoms with Crippen molar-refractivity contribution in [3.63, 3.8) is 0 Å². The molecule has 0 aliphatic heterocycles. The van der Waals surface area contributed by atoms with Gasteiger partial charge in [-0.1, -0.05) is 36.9 Å². The molecule has 8 heteroatoms. The summed E-state index contributed by atoms with van der Waals surface area (Å²) in [6.45, 7) is 6.15. The predicted molar refractivity (Wildman–Crippen MR) is 136 cm³/mol. The molecule has 2 N–H and O–H groups in total. The van der Waals surface area contributed by atoms with Gasteiger partial charge < -0.3 is 15.0 Å². The molecule has 1 amide bonds. The molecule has 0 radical (unpaired) electrons. The maximum absolute atomic E-state index is 12.0. The van der Waals surface area contributed by atoms with Crippen molar-refractivity contribution in [3.8, 4) is 11.8 Å². The van der Waals surface area contributed by atoms with E-state index in [0.717, 1.165) is 33.2 Å². The molecule has 0 bridgehead atoms. The monoisotopic (exact) mass is 465 g/mol. The number of fused-ring (bicyclic) bond motifs is 1. The van der Waals surface area contributed by atoms with Gasteiger partial charge in [0.2, 0.25) is 6.41 Å². The van der Waals surface area contributed by atoms with E-state index in [0.29, 0.717) is 30.0 Å². The van der Waals surface area contributed by atoms with Crippen LogP contribution in [0.4, 0.5) is 0 Å². The van der Waals surface area contributed by atoms with E-state index >= 15 is 0 Å². The quantitative estimate of drug-likeness (QED) is 0.243. The molecule has 174 valence electrons. The fourth-order valence-corrected chi connectivity index (χ4v) is 3.91.